The molecule has 2 aromatic rings. The summed E-state index contributed by atoms with van der Waals surface area (Å²) in [4.78, 5) is 2.70. The molecule has 0 saturated carbocycles. The molecule has 2 aliphatic carbocycles. The van der Waals surface area contributed by atoms with E-state index in [-0.39, 0.29) is 0 Å². The molecule has 0 bridgehead atoms. The maximum absolute atomic E-state index is 6.60. The molecule has 4 aliphatic rings. The minimum Gasteiger partial charge on any atom is -0.363 e. The summed E-state index contributed by atoms with van der Waals surface area (Å²) < 4.78 is 0. The van der Waals surface area contributed by atoms with Gasteiger partial charge in [0.15, 0.2) is 0 Å². The van der Waals surface area contributed by atoms with Crippen LogP contribution in [0.1, 0.15) is 47.4 Å². The SMILES string of the molecule is Clc1ccc([C@@H]2[C@@H]3CC=C[C@@H]3c3cc(Cl)cc4c3N2C[C@H]2CC=C[C@H]42)cc1. The summed E-state index contributed by atoms with van der Waals surface area (Å²) in [6, 6.07) is 13.4. The first kappa shape index (κ1) is 16.3. The van der Waals surface area contributed by atoms with Crippen molar-refractivity contribution in [3.8, 4) is 0 Å². The molecule has 0 fully saturated rings. The van der Waals surface area contributed by atoms with E-state index in [9.17, 15) is 0 Å². The predicted molar refractivity (Wildman–Crippen MR) is 113 cm³/mol. The van der Waals surface area contributed by atoms with Gasteiger partial charge in [0, 0.05) is 34.1 Å². The van der Waals surface area contributed by atoms with E-state index in [1.165, 1.54) is 28.8 Å². The Labute approximate surface area is 170 Å². The Balaban J connectivity index is 1.59. The molecular formula is C24H21Cl2N. The third kappa shape index (κ3) is 2.31. The molecule has 6 rings (SSSR count). The van der Waals surface area contributed by atoms with Crippen molar-refractivity contribution in [2.24, 2.45) is 11.8 Å². The van der Waals surface area contributed by atoms with Crippen LogP contribution in [0.3, 0.4) is 0 Å². The lowest BCUT2D eigenvalue weighted by molar-refractivity contribution is 0.335. The Kier molecular flexibility index (Phi) is 3.55. The minimum atomic E-state index is 0.399. The van der Waals surface area contributed by atoms with Crippen LogP contribution in [-0.4, -0.2) is 6.54 Å². The summed E-state index contributed by atoms with van der Waals surface area (Å²) in [6.07, 6.45) is 11.8. The molecule has 27 heavy (non-hydrogen) atoms. The minimum absolute atomic E-state index is 0.399. The van der Waals surface area contributed by atoms with Gasteiger partial charge < -0.3 is 4.90 Å². The molecular weight excluding hydrogens is 373 g/mol. The predicted octanol–water partition coefficient (Wildman–Crippen LogP) is 6.89. The number of hydrogen-bond acceptors (Lipinski definition) is 1. The molecule has 0 radical (unpaired) electrons. The zero-order valence-electron chi connectivity index (χ0n) is 15.0. The Bertz CT molecular complexity index is 957. The van der Waals surface area contributed by atoms with Crippen molar-refractivity contribution >= 4 is 28.9 Å². The third-order valence-corrected chi connectivity index (χ3v) is 7.50. The Morgan fingerprint density at radius 2 is 1.52 bits per heavy atom. The summed E-state index contributed by atoms with van der Waals surface area (Å²) in [5, 5.41) is 1.69. The fourth-order valence-electron chi connectivity index (χ4n) is 5.98. The van der Waals surface area contributed by atoms with Gasteiger partial charge in [0.1, 0.15) is 0 Å². The molecule has 0 aromatic heterocycles. The van der Waals surface area contributed by atoms with Crippen LogP contribution in [0.25, 0.3) is 0 Å². The number of allylic oxidation sites excluding steroid dienone is 4. The lowest BCUT2D eigenvalue weighted by Crippen LogP contribution is -2.46. The van der Waals surface area contributed by atoms with Crippen LogP contribution in [0.5, 0.6) is 0 Å². The van der Waals surface area contributed by atoms with Gasteiger partial charge in [-0.15, -0.1) is 0 Å². The zero-order chi connectivity index (χ0) is 18.1. The molecule has 136 valence electrons. The maximum atomic E-state index is 6.60. The highest BCUT2D eigenvalue weighted by Crippen LogP contribution is 2.59. The van der Waals surface area contributed by atoms with E-state index in [4.69, 9.17) is 23.2 Å². The van der Waals surface area contributed by atoms with Gasteiger partial charge in [0.2, 0.25) is 0 Å². The Morgan fingerprint density at radius 3 is 2.33 bits per heavy atom. The van der Waals surface area contributed by atoms with Crippen LogP contribution in [-0.2, 0) is 0 Å². The highest BCUT2D eigenvalue weighted by molar-refractivity contribution is 6.31. The molecule has 2 aromatic carbocycles. The first-order valence-electron chi connectivity index (χ1n) is 9.89. The quantitative estimate of drug-likeness (QED) is 0.476. The van der Waals surface area contributed by atoms with E-state index in [0.717, 1.165) is 23.0 Å². The standard InChI is InChI=1S/C24H21Cl2N/c25-16-9-7-14(8-10-16)23-20-6-2-5-19(20)22-12-17(26)11-21-18-4-1-3-15(18)13-27(23)24(21)22/h1-2,4-5,7-12,15,18-20,23H,3,6,13H2/t15-,18+,19+,20-,23-/m1/s1. The summed E-state index contributed by atoms with van der Waals surface area (Å²) in [7, 11) is 0. The highest BCUT2D eigenvalue weighted by atomic mass is 35.5. The average Bonchev–Trinajstić information content (AvgIpc) is 3.32. The summed E-state index contributed by atoms with van der Waals surface area (Å²) in [6.45, 7) is 1.12. The molecule has 0 N–H and O–H groups in total. The maximum Gasteiger partial charge on any atom is 0.0582 e. The first-order chi connectivity index (χ1) is 13.2. The van der Waals surface area contributed by atoms with Gasteiger partial charge in [-0.25, -0.2) is 0 Å². The van der Waals surface area contributed by atoms with Gasteiger partial charge in [0.05, 0.1) is 6.04 Å². The smallest absolute Gasteiger partial charge is 0.0582 e. The number of fused-ring (bicyclic) bond motifs is 4. The van der Waals surface area contributed by atoms with Gasteiger partial charge in [-0.3, -0.25) is 0 Å². The molecule has 0 spiro atoms. The van der Waals surface area contributed by atoms with Crippen molar-refractivity contribution in [3.05, 3.63) is 87.4 Å². The largest absolute Gasteiger partial charge is 0.363 e. The van der Waals surface area contributed by atoms with E-state index in [1.54, 1.807) is 0 Å². The number of nitrogens with zero attached hydrogens (tertiary/aromatic N) is 1. The van der Waals surface area contributed by atoms with Crippen LogP contribution in [0.2, 0.25) is 10.0 Å². The van der Waals surface area contributed by atoms with Crippen LogP contribution >= 0.6 is 23.2 Å². The second-order valence-corrected chi connectivity index (χ2v) is 9.26. The van der Waals surface area contributed by atoms with Gasteiger partial charge in [-0.05, 0) is 65.6 Å². The van der Waals surface area contributed by atoms with Gasteiger partial charge >= 0.3 is 0 Å². The van der Waals surface area contributed by atoms with Gasteiger partial charge in [-0.2, -0.15) is 0 Å². The highest BCUT2D eigenvalue weighted by Gasteiger charge is 2.47. The Morgan fingerprint density at radius 1 is 0.815 bits per heavy atom. The molecule has 0 unspecified atom stereocenters. The topological polar surface area (TPSA) is 3.24 Å². The number of hydrogen-bond donors (Lipinski definition) is 0. The summed E-state index contributed by atoms with van der Waals surface area (Å²) in [5.41, 5.74) is 5.69. The van der Waals surface area contributed by atoms with Crippen molar-refractivity contribution in [2.45, 2.75) is 30.7 Å². The van der Waals surface area contributed by atoms with E-state index in [0.29, 0.717) is 29.7 Å². The lowest BCUT2D eigenvalue weighted by Gasteiger charge is -2.51. The first-order valence-corrected chi connectivity index (χ1v) is 10.6. The summed E-state index contributed by atoms with van der Waals surface area (Å²) >= 11 is 12.8. The lowest BCUT2D eigenvalue weighted by atomic mass is 9.71. The summed E-state index contributed by atoms with van der Waals surface area (Å²) in [5.74, 6) is 2.19. The number of rotatable bonds is 1. The van der Waals surface area contributed by atoms with Crippen molar-refractivity contribution in [2.75, 3.05) is 11.4 Å². The molecule has 0 amide bonds. The molecule has 0 saturated heterocycles. The van der Waals surface area contributed by atoms with Crippen molar-refractivity contribution in [1.29, 1.82) is 0 Å². The molecule has 2 aliphatic heterocycles. The second-order valence-electron chi connectivity index (χ2n) is 8.38. The fourth-order valence-corrected chi connectivity index (χ4v) is 6.34. The Hall–Kier alpha value is -1.70. The number of halogens is 2. The second kappa shape index (κ2) is 5.90. The normalized spacial score (nSPS) is 32.4. The van der Waals surface area contributed by atoms with Crippen molar-refractivity contribution < 1.29 is 0 Å². The van der Waals surface area contributed by atoms with Crippen LogP contribution < -0.4 is 4.90 Å². The number of anilines is 1. The monoisotopic (exact) mass is 393 g/mol. The van der Waals surface area contributed by atoms with Crippen molar-refractivity contribution in [1.82, 2.24) is 0 Å². The average molecular weight is 394 g/mol. The molecule has 1 nitrogen and oxygen atoms in total. The van der Waals surface area contributed by atoms with Crippen molar-refractivity contribution in [3.63, 3.8) is 0 Å². The molecule has 3 heteroatoms. The van der Waals surface area contributed by atoms with Crippen LogP contribution in [0, 0.1) is 11.8 Å². The molecule has 2 heterocycles. The van der Waals surface area contributed by atoms with Crippen LogP contribution in [0.15, 0.2) is 60.7 Å². The fraction of sp³-hybridized carbons (Fsp3) is 0.333. The number of benzene rings is 2. The third-order valence-electron chi connectivity index (χ3n) is 7.03. The van der Waals surface area contributed by atoms with Gasteiger partial charge in [-0.1, -0.05) is 59.6 Å². The van der Waals surface area contributed by atoms with E-state index in [2.05, 4.69) is 53.5 Å². The van der Waals surface area contributed by atoms with Gasteiger partial charge in [0.25, 0.3) is 0 Å². The molecule has 5 atom stereocenters. The van der Waals surface area contributed by atoms with Crippen LogP contribution in [0.4, 0.5) is 5.69 Å². The van der Waals surface area contributed by atoms with E-state index >= 15 is 0 Å². The zero-order valence-corrected chi connectivity index (χ0v) is 16.5. The van der Waals surface area contributed by atoms with E-state index < -0.39 is 0 Å². The van der Waals surface area contributed by atoms with E-state index in [1.807, 2.05) is 12.1 Å².